The molecule has 0 radical (unpaired) electrons. The quantitative estimate of drug-likeness (QED) is 0.143. The van der Waals surface area contributed by atoms with Crippen LogP contribution >= 0.6 is 0 Å². The van der Waals surface area contributed by atoms with Gasteiger partial charge in [-0.15, -0.1) is 0 Å². The molecule has 1 aromatic carbocycles. The molecule has 0 bridgehead atoms. The summed E-state index contributed by atoms with van der Waals surface area (Å²) in [7, 11) is -7.82. The van der Waals surface area contributed by atoms with Crippen molar-refractivity contribution in [2.75, 3.05) is 6.61 Å². The lowest BCUT2D eigenvalue weighted by Crippen LogP contribution is -2.50. The minimum atomic E-state index is -3.81. The summed E-state index contributed by atoms with van der Waals surface area (Å²) in [5.41, 5.74) is 0.951. The van der Waals surface area contributed by atoms with Crippen LogP contribution in [0, 0.1) is 0 Å². The monoisotopic (exact) mass is 569 g/mol. The molecule has 0 aromatic heterocycles. The maximum absolute atomic E-state index is 13.9. The van der Waals surface area contributed by atoms with E-state index in [4.69, 9.17) is 8.85 Å². The molecule has 0 spiro atoms. The molecule has 9 heteroatoms. The number of hydrogen-bond acceptors (Lipinski definition) is 5. The summed E-state index contributed by atoms with van der Waals surface area (Å²) in [6, 6.07) is 6.29. The Balaban J connectivity index is 3.26. The molecule has 0 aliphatic heterocycles. The van der Waals surface area contributed by atoms with Crippen molar-refractivity contribution in [3.63, 3.8) is 0 Å². The second kappa shape index (κ2) is 12.8. The van der Waals surface area contributed by atoms with Crippen molar-refractivity contribution in [3.8, 4) is 0 Å². The van der Waals surface area contributed by atoms with E-state index in [0.29, 0.717) is 19.3 Å². The van der Waals surface area contributed by atoms with E-state index >= 15 is 0 Å². The summed E-state index contributed by atoms with van der Waals surface area (Å²) in [6.07, 6.45) is 4.24. The number of rotatable bonds is 13. The number of carbonyl (C=O) groups excluding carboxylic acids is 1. The first-order valence-corrected chi connectivity index (χ1v) is 20.4. The second-order valence-corrected chi connectivity index (χ2v) is 24.6. The molecule has 212 valence electrons. The summed E-state index contributed by atoms with van der Waals surface area (Å²) in [6.45, 7) is 26.3. The van der Waals surface area contributed by atoms with Crippen molar-refractivity contribution < 1.29 is 22.1 Å². The Morgan fingerprint density at radius 1 is 0.892 bits per heavy atom. The van der Waals surface area contributed by atoms with Crippen molar-refractivity contribution in [1.29, 1.82) is 0 Å². The minimum Gasteiger partial charge on any atom is -0.415 e. The molecule has 0 unspecified atom stereocenters. The van der Waals surface area contributed by atoms with Crippen LogP contribution in [0.4, 0.5) is 0 Å². The van der Waals surface area contributed by atoms with Gasteiger partial charge in [0.2, 0.25) is 10.0 Å². The molecule has 0 heterocycles. The number of hydrogen-bond donors (Lipinski definition) is 0. The van der Waals surface area contributed by atoms with Gasteiger partial charge in [-0.1, -0.05) is 59.8 Å². The molecule has 0 fully saturated rings. The number of nitrogens with zero attached hydrogens (tertiary/aromatic N) is 1. The van der Waals surface area contributed by atoms with Crippen LogP contribution < -0.4 is 0 Å². The topological polar surface area (TPSA) is 72.9 Å². The predicted octanol–water partition coefficient (Wildman–Crippen LogP) is 7.14. The van der Waals surface area contributed by atoms with E-state index in [9.17, 15) is 13.2 Å². The first kappa shape index (κ1) is 33.9. The van der Waals surface area contributed by atoms with Crippen LogP contribution in [0.25, 0.3) is 0 Å². The summed E-state index contributed by atoms with van der Waals surface area (Å²) < 4.78 is 42.1. The maximum Gasteiger partial charge on any atom is 0.243 e. The third kappa shape index (κ3) is 9.25. The van der Waals surface area contributed by atoms with E-state index in [1.54, 1.807) is 18.2 Å². The van der Waals surface area contributed by atoms with Crippen LogP contribution in [0.3, 0.4) is 0 Å². The van der Waals surface area contributed by atoms with Gasteiger partial charge >= 0.3 is 0 Å². The summed E-state index contributed by atoms with van der Waals surface area (Å²) in [5.74, 6) is 0. The Hall–Kier alpha value is -1.11. The van der Waals surface area contributed by atoms with Crippen LogP contribution in [0.2, 0.25) is 36.3 Å². The minimum absolute atomic E-state index is 0.0000356. The fraction of sp³-hybridized carbons (Fsp3) is 0.679. The normalized spacial score (nSPS) is 15.1. The Kier molecular flexibility index (Phi) is 11.8. The van der Waals surface area contributed by atoms with Crippen LogP contribution in [-0.4, -0.2) is 54.3 Å². The van der Waals surface area contributed by atoms with Gasteiger partial charge in [-0.05, 0) is 80.3 Å². The second-order valence-electron chi connectivity index (χ2n) is 13.1. The van der Waals surface area contributed by atoms with E-state index < -0.39 is 32.7 Å². The van der Waals surface area contributed by atoms with E-state index in [2.05, 4.69) is 67.7 Å². The number of benzene rings is 1. The first-order chi connectivity index (χ1) is 16.7. The van der Waals surface area contributed by atoms with Gasteiger partial charge in [0.15, 0.2) is 16.6 Å². The van der Waals surface area contributed by atoms with Crippen molar-refractivity contribution >= 4 is 32.9 Å². The van der Waals surface area contributed by atoms with Gasteiger partial charge in [0.05, 0.1) is 24.2 Å². The zero-order valence-electron chi connectivity index (χ0n) is 25.2. The molecule has 0 saturated carbocycles. The number of allylic oxidation sites excluding steroid dienone is 1. The van der Waals surface area contributed by atoms with Crippen molar-refractivity contribution in [1.82, 2.24) is 4.31 Å². The SMILES string of the molecule is CC(C)N([C@@H](C/C=C/C=O)CO[Si](C)(C)C(C)(C)C)S(=O)(=O)c1ccc(CO[Si](C)(C)C(C)(C)C)cc1. The van der Waals surface area contributed by atoms with E-state index in [1.165, 1.54) is 10.4 Å². The Labute approximate surface area is 229 Å². The van der Waals surface area contributed by atoms with Crippen LogP contribution in [-0.2, 0) is 30.3 Å². The van der Waals surface area contributed by atoms with Crippen molar-refractivity contribution in [2.24, 2.45) is 0 Å². The van der Waals surface area contributed by atoms with Crippen molar-refractivity contribution in [3.05, 3.63) is 42.0 Å². The molecule has 1 aromatic rings. The number of aldehydes is 1. The van der Waals surface area contributed by atoms with Gasteiger partial charge in [0.1, 0.15) is 6.29 Å². The standard InChI is InChI=1S/C28H51NO5SSi2/c1-23(2)29(25(15-13-14-20-30)22-34-37(11,12)28(6,7)8)35(31,32)26-18-16-24(17-19-26)21-33-36(9,10)27(3,4)5/h13-14,16-20,23,25H,15,21-22H2,1-12H3/b14-13+/t25-/m0/s1. The summed E-state index contributed by atoms with van der Waals surface area (Å²) in [5, 5.41) is 0.105. The number of sulfonamides is 1. The van der Waals surface area contributed by atoms with Gasteiger partial charge in [0.25, 0.3) is 0 Å². The Morgan fingerprint density at radius 2 is 1.38 bits per heavy atom. The highest BCUT2D eigenvalue weighted by Crippen LogP contribution is 2.38. The van der Waals surface area contributed by atoms with Crippen LogP contribution in [0.1, 0.15) is 67.4 Å². The van der Waals surface area contributed by atoms with Crippen LogP contribution in [0.5, 0.6) is 0 Å². The molecule has 37 heavy (non-hydrogen) atoms. The van der Waals surface area contributed by atoms with E-state index in [-0.39, 0.29) is 27.6 Å². The Bertz CT molecular complexity index is 1000. The van der Waals surface area contributed by atoms with Crippen molar-refractivity contribution in [2.45, 2.75) is 122 Å². The lowest BCUT2D eigenvalue weighted by molar-refractivity contribution is -0.104. The fourth-order valence-corrected chi connectivity index (χ4v) is 7.13. The fourth-order valence-electron chi connectivity index (χ4n) is 3.31. The first-order valence-electron chi connectivity index (χ1n) is 13.2. The smallest absolute Gasteiger partial charge is 0.243 e. The van der Waals surface area contributed by atoms with E-state index in [0.717, 1.165) is 5.56 Å². The molecule has 0 aliphatic rings. The van der Waals surface area contributed by atoms with Gasteiger partial charge < -0.3 is 8.85 Å². The predicted molar refractivity (Wildman–Crippen MR) is 159 cm³/mol. The molecule has 1 atom stereocenters. The number of carbonyl (C=O) groups is 1. The summed E-state index contributed by atoms with van der Waals surface area (Å²) >= 11 is 0. The van der Waals surface area contributed by atoms with Gasteiger partial charge in [-0.2, -0.15) is 4.31 Å². The lowest BCUT2D eigenvalue weighted by atomic mass is 10.2. The molecule has 0 aliphatic carbocycles. The molecule has 0 N–H and O–H groups in total. The molecular weight excluding hydrogens is 519 g/mol. The van der Waals surface area contributed by atoms with E-state index in [1.807, 2.05) is 26.0 Å². The summed E-state index contributed by atoms with van der Waals surface area (Å²) in [4.78, 5) is 11.2. The highest BCUT2D eigenvalue weighted by Gasteiger charge is 2.40. The molecular formula is C28H51NO5SSi2. The third-order valence-corrected chi connectivity index (χ3v) is 19.0. The zero-order chi connectivity index (χ0) is 28.9. The van der Waals surface area contributed by atoms with Gasteiger partial charge in [-0.3, -0.25) is 4.79 Å². The largest absolute Gasteiger partial charge is 0.415 e. The van der Waals surface area contributed by atoms with Crippen LogP contribution in [0.15, 0.2) is 41.3 Å². The van der Waals surface area contributed by atoms with Gasteiger partial charge in [0, 0.05) is 6.04 Å². The zero-order valence-corrected chi connectivity index (χ0v) is 28.0. The van der Waals surface area contributed by atoms with Gasteiger partial charge in [-0.25, -0.2) is 8.42 Å². The average molecular weight is 570 g/mol. The third-order valence-electron chi connectivity index (χ3n) is 7.84. The highest BCUT2D eigenvalue weighted by molar-refractivity contribution is 7.89. The Morgan fingerprint density at radius 3 is 1.81 bits per heavy atom. The molecule has 0 amide bonds. The molecule has 1 rings (SSSR count). The average Bonchev–Trinajstić information content (AvgIpc) is 2.74. The molecule has 6 nitrogen and oxygen atoms in total. The lowest BCUT2D eigenvalue weighted by Gasteiger charge is -2.40. The molecule has 0 saturated heterocycles. The maximum atomic E-state index is 13.9. The highest BCUT2D eigenvalue weighted by atomic mass is 32.2.